The molecule has 132 valence electrons. The number of hydrogen-bond acceptors (Lipinski definition) is 2. The maximum Gasteiger partial charge on any atom is 0.411 e. The average Bonchev–Trinajstić information content (AvgIpc) is 2.46. The number of rotatable bonds is 7. The highest BCUT2D eigenvalue weighted by molar-refractivity contribution is 14.0. The number of halogens is 5. The number of hydrogen-bond donors (Lipinski definition) is 2. The third kappa shape index (κ3) is 10.3. The van der Waals surface area contributed by atoms with E-state index < -0.39 is 12.8 Å². The molecule has 0 saturated heterocycles. The highest BCUT2D eigenvalue weighted by Crippen LogP contribution is 2.14. The Hall–Kier alpha value is -1.10. The van der Waals surface area contributed by atoms with Gasteiger partial charge in [-0.15, -0.1) is 24.0 Å². The van der Waals surface area contributed by atoms with E-state index in [2.05, 4.69) is 20.4 Å². The summed E-state index contributed by atoms with van der Waals surface area (Å²) < 4.78 is 53.4. The molecule has 0 amide bonds. The van der Waals surface area contributed by atoms with Crippen molar-refractivity contribution in [1.82, 2.24) is 10.6 Å². The van der Waals surface area contributed by atoms with E-state index in [4.69, 9.17) is 0 Å². The zero-order valence-electron chi connectivity index (χ0n) is 12.6. The molecule has 1 aromatic carbocycles. The van der Waals surface area contributed by atoms with Gasteiger partial charge in [-0.05, 0) is 12.5 Å². The molecule has 0 spiro atoms. The molecule has 2 N–H and O–H groups in total. The summed E-state index contributed by atoms with van der Waals surface area (Å²) in [5.41, 5.74) is 0.499. The van der Waals surface area contributed by atoms with Gasteiger partial charge < -0.3 is 15.4 Å². The molecule has 1 aromatic rings. The molecule has 0 unspecified atom stereocenters. The molecule has 0 fully saturated rings. The first-order valence-corrected chi connectivity index (χ1v) is 6.75. The van der Waals surface area contributed by atoms with Gasteiger partial charge in [-0.25, -0.2) is 4.39 Å². The van der Waals surface area contributed by atoms with Crippen molar-refractivity contribution in [2.75, 3.05) is 26.8 Å². The minimum atomic E-state index is -4.30. The largest absolute Gasteiger partial charge is 0.411 e. The van der Waals surface area contributed by atoms with E-state index in [0.717, 1.165) is 0 Å². The van der Waals surface area contributed by atoms with Crippen molar-refractivity contribution in [2.24, 2.45) is 4.99 Å². The smallest absolute Gasteiger partial charge is 0.372 e. The minimum absolute atomic E-state index is 0. The Morgan fingerprint density at radius 3 is 2.52 bits per heavy atom. The number of alkyl halides is 3. The first-order valence-electron chi connectivity index (χ1n) is 6.75. The summed E-state index contributed by atoms with van der Waals surface area (Å²) in [5, 5.41) is 5.83. The summed E-state index contributed by atoms with van der Waals surface area (Å²) >= 11 is 0. The standard InChI is InChI=1S/C14H19F4N3O.HI/c1-19-13(20-7-4-8-22-10-14(16,17)18)21-9-11-5-2-3-6-12(11)15;/h2-3,5-6H,4,7-10H2,1H3,(H2,19,20,21);1H. The quantitative estimate of drug-likeness (QED) is 0.221. The van der Waals surface area contributed by atoms with Gasteiger partial charge in [0, 0.05) is 32.3 Å². The molecule has 0 heterocycles. The molecular weight excluding hydrogens is 429 g/mol. The van der Waals surface area contributed by atoms with E-state index in [1.165, 1.54) is 6.07 Å². The molecule has 0 bridgehead atoms. The Kier molecular flexibility index (Phi) is 10.9. The van der Waals surface area contributed by atoms with E-state index in [9.17, 15) is 17.6 Å². The van der Waals surface area contributed by atoms with Crippen LogP contribution >= 0.6 is 24.0 Å². The molecular formula is C14H20F4IN3O. The van der Waals surface area contributed by atoms with E-state index in [0.29, 0.717) is 24.5 Å². The molecule has 0 atom stereocenters. The van der Waals surface area contributed by atoms with Crippen molar-refractivity contribution >= 4 is 29.9 Å². The predicted octanol–water partition coefficient (Wildman–Crippen LogP) is 3.08. The second-order valence-corrected chi connectivity index (χ2v) is 4.47. The first-order chi connectivity index (χ1) is 10.4. The topological polar surface area (TPSA) is 45.7 Å². The van der Waals surface area contributed by atoms with Crippen molar-refractivity contribution in [3.05, 3.63) is 35.6 Å². The van der Waals surface area contributed by atoms with E-state index in [-0.39, 0.29) is 42.9 Å². The molecule has 4 nitrogen and oxygen atoms in total. The lowest BCUT2D eigenvalue weighted by molar-refractivity contribution is -0.173. The van der Waals surface area contributed by atoms with Crippen LogP contribution in [0.1, 0.15) is 12.0 Å². The molecule has 0 aliphatic heterocycles. The molecule has 1 rings (SSSR count). The Morgan fingerprint density at radius 1 is 1.22 bits per heavy atom. The van der Waals surface area contributed by atoms with Crippen molar-refractivity contribution in [2.45, 2.75) is 19.1 Å². The van der Waals surface area contributed by atoms with Crippen molar-refractivity contribution in [1.29, 1.82) is 0 Å². The zero-order chi connectivity index (χ0) is 16.4. The highest BCUT2D eigenvalue weighted by atomic mass is 127. The second-order valence-electron chi connectivity index (χ2n) is 4.47. The number of aliphatic imine (C=N–C) groups is 1. The van der Waals surface area contributed by atoms with Gasteiger partial charge in [0.1, 0.15) is 12.4 Å². The minimum Gasteiger partial charge on any atom is -0.372 e. The summed E-state index contributed by atoms with van der Waals surface area (Å²) in [4.78, 5) is 3.94. The van der Waals surface area contributed by atoms with Crippen LogP contribution in [0.25, 0.3) is 0 Å². The van der Waals surface area contributed by atoms with Gasteiger partial charge in [-0.2, -0.15) is 13.2 Å². The number of nitrogens with one attached hydrogen (secondary N) is 2. The Bertz CT molecular complexity index is 483. The lowest BCUT2D eigenvalue weighted by Gasteiger charge is -2.12. The average molecular weight is 449 g/mol. The van der Waals surface area contributed by atoms with Crippen LogP contribution in [-0.4, -0.2) is 38.9 Å². The van der Waals surface area contributed by atoms with Gasteiger partial charge >= 0.3 is 6.18 Å². The maximum atomic E-state index is 13.4. The lowest BCUT2D eigenvalue weighted by Crippen LogP contribution is -2.37. The SMILES string of the molecule is CN=C(NCCCOCC(F)(F)F)NCc1ccccc1F.I. The predicted molar refractivity (Wildman–Crippen MR) is 91.5 cm³/mol. The summed E-state index contributed by atoms with van der Waals surface area (Å²) in [5.74, 6) is 0.130. The van der Waals surface area contributed by atoms with Crippen molar-refractivity contribution in [3.63, 3.8) is 0 Å². The maximum absolute atomic E-state index is 13.4. The zero-order valence-corrected chi connectivity index (χ0v) is 15.0. The van der Waals surface area contributed by atoms with Crippen LogP contribution in [0.5, 0.6) is 0 Å². The van der Waals surface area contributed by atoms with Crippen LogP contribution in [0.3, 0.4) is 0 Å². The third-order valence-electron chi connectivity index (χ3n) is 2.65. The van der Waals surface area contributed by atoms with Crippen molar-refractivity contribution in [3.8, 4) is 0 Å². The summed E-state index contributed by atoms with van der Waals surface area (Å²) in [6.45, 7) is -0.588. The van der Waals surface area contributed by atoms with E-state index >= 15 is 0 Å². The summed E-state index contributed by atoms with van der Waals surface area (Å²) in [6.07, 6.45) is -3.90. The first kappa shape index (κ1) is 21.9. The van der Waals surface area contributed by atoms with Crippen LogP contribution < -0.4 is 10.6 Å². The molecule has 0 aliphatic carbocycles. The molecule has 9 heteroatoms. The lowest BCUT2D eigenvalue weighted by atomic mass is 10.2. The van der Waals surface area contributed by atoms with Gasteiger partial charge in [0.25, 0.3) is 0 Å². The summed E-state index contributed by atoms with van der Waals surface area (Å²) in [7, 11) is 1.55. The molecule has 0 aromatic heterocycles. The fourth-order valence-electron chi connectivity index (χ4n) is 1.61. The molecule has 23 heavy (non-hydrogen) atoms. The van der Waals surface area contributed by atoms with Crippen LogP contribution in [0, 0.1) is 5.82 Å². The molecule has 0 radical (unpaired) electrons. The molecule has 0 aliphatic rings. The van der Waals surface area contributed by atoms with Crippen LogP contribution in [0.2, 0.25) is 0 Å². The van der Waals surface area contributed by atoms with Crippen LogP contribution in [-0.2, 0) is 11.3 Å². The number of guanidine groups is 1. The van der Waals surface area contributed by atoms with Gasteiger partial charge in [0.2, 0.25) is 0 Å². The summed E-state index contributed by atoms with van der Waals surface area (Å²) in [6, 6.07) is 6.35. The second kappa shape index (κ2) is 11.4. The Balaban J connectivity index is 0.00000484. The monoisotopic (exact) mass is 449 g/mol. The van der Waals surface area contributed by atoms with Gasteiger partial charge in [-0.3, -0.25) is 4.99 Å². The van der Waals surface area contributed by atoms with E-state index in [1.54, 1.807) is 25.2 Å². The number of benzene rings is 1. The Morgan fingerprint density at radius 2 is 1.91 bits per heavy atom. The highest BCUT2D eigenvalue weighted by Gasteiger charge is 2.27. The van der Waals surface area contributed by atoms with Crippen LogP contribution in [0.15, 0.2) is 29.3 Å². The van der Waals surface area contributed by atoms with Gasteiger partial charge in [-0.1, -0.05) is 18.2 Å². The number of nitrogens with zero attached hydrogens (tertiary/aromatic N) is 1. The Labute approximate surface area is 149 Å². The van der Waals surface area contributed by atoms with Gasteiger partial charge in [0.05, 0.1) is 0 Å². The van der Waals surface area contributed by atoms with Crippen molar-refractivity contribution < 1.29 is 22.3 Å². The molecule has 0 saturated carbocycles. The third-order valence-corrected chi connectivity index (χ3v) is 2.65. The normalized spacial score (nSPS) is 11.8. The van der Waals surface area contributed by atoms with Gasteiger partial charge in [0.15, 0.2) is 5.96 Å². The van der Waals surface area contributed by atoms with Crippen LogP contribution in [0.4, 0.5) is 17.6 Å². The fraction of sp³-hybridized carbons (Fsp3) is 0.500. The number of ether oxygens (including phenoxy) is 1. The fourth-order valence-corrected chi connectivity index (χ4v) is 1.61. The van der Waals surface area contributed by atoms with E-state index in [1.807, 2.05) is 0 Å².